The lowest BCUT2D eigenvalue weighted by molar-refractivity contribution is -0.141. The third kappa shape index (κ3) is 2.39. The van der Waals surface area contributed by atoms with E-state index in [1.165, 1.54) is 12.3 Å². The van der Waals surface area contributed by atoms with Crippen LogP contribution < -0.4 is 5.32 Å². The molecule has 18 heavy (non-hydrogen) atoms. The van der Waals surface area contributed by atoms with Crippen LogP contribution in [0.5, 0.6) is 0 Å². The van der Waals surface area contributed by atoms with Crippen LogP contribution in [0.1, 0.15) is 24.8 Å². The Hall–Kier alpha value is -1.80. The summed E-state index contributed by atoms with van der Waals surface area (Å²) in [4.78, 5) is 15.1. The van der Waals surface area contributed by atoms with Crippen molar-refractivity contribution in [1.82, 2.24) is 4.98 Å². The molecule has 0 aromatic carbocycles. The van der Waals surface area contributed by atoms with Crippen LogP contribution in [0.25, 0.3) is 0 Å². The quantitative estimate of drug-likeness (QED) is 0.876. The van der Waals surface area contributed by atoms with E-state index in [0.29, 0.717) is 17.8 Å². The van der Waals surface area contributed by atoms with Crippen LogP contribution >= 0.6 is 11.6 Å². The van der Waals surface area contributed by atoms with Crippen molar-refractivity contribution in [3.8, 4) is 6.07 Å². The van der Waals surface area contributed by atoms with Gasteiger partial charge in [-0.2, -0.15) is 5.26 Å². The number of carboxylic acids is 1. The molecule has 1 aliphatic rings. The van der Waals surface area contributed by atoms with Gasteiger partial charge < -0.3 is 10.4 Å². The van der Waals surface area contributed by atoms with Crippen LogP contribution in [-0.2, 0) is 4.79 Å². The number of nitriles is 1. The summed E-state index contributed by atoms with van der Waals surface area (Å²) in [5.41, 5.74) is 0.332. The number of anilines is 1. The number of nitrogens with zero attached hydrogens (tertiary/aromatic N) is 2. The summed E-state index contributed by atoms with van der Waals surface area (Å²) in [6.07, 6.45) is 3.77. The maximum absolute atomic E-state index is 11.1. The second kappa shape index (κ2) is 5.23. The van der Waals surface area contributed by atoms with Gasteiger partial charge in [0, 0.05) is 12.2 Å². The van der Waals surface area contributed by atoms with Gasteiger partial charge in [0.25, 0.3) is 0 Å². The fourth-order valence-electron chi connectivity index (χ4n) is 2.23. The molecule has 0 amide bonds. The Morgan fingerprint density at radius 1 is 1.61 bits per heavy atom. The normalized spacial score (nSPS) is 22.4. The minimum atomic E-state index is -0.808. The van der Waals surface area contributed by atoms with Gasteiger partial charge in [-0.15, -0.1) is 0 Å². The van der Waals surface area contributed by atoms with E-state index in [-0.39, 0.29) is 11.1 Å². The zero-order valence-electron chi connectivity index (χ0n) is 9.56. The second-order valence-corrected chi connectivity index (χ2v) is 4.64. The number of hydrogen-bond donors (Lipinski definition) is 2. The van der Waals surface area contributed by atoms with E-state index >= 15 is 0 Å². The first-order valence-corrected chi connectivity index (χ1v) is 6.05. The van der Waals surface area contributed by atoms with Gasteiger partial charge in [0.1, 0.15) is 16.9 Å². The van der Waals surface area contributed by atoms with Crippen molar-refractivity contribution >= 4 is 23.4 Å². The van der Waals surface area contributed by atoms with Gasteiger partial charge in [0.05, 0.1) is 11.5 Å². The molecule has 0 radical (unpaired) electrons. The van der Waals surface area contributed by atoms with Crippen molar-refractivity contribution in [3.63, 3.8) is 0 Å². The maximum atomic E-state index is 11.1. The number of aliphatic carboxylic acids is 1. The average molecular weight is 266 g/mol. The molecule has 1 aliphatic carbocycles. The van der Waals surface area contributed by atoms with Crippen LogP contribution in [0.4, 0.5) is 5.82 Å². The molecule has 2 rings (SSSR count). The van der Waals surface area contributed by atoms with Gasteiger partial charge in [-0.05, 0) is 18.9 Å². The van der Waals surface area contributed by atoms with E-state index in [9.17, 15) is 4.79 Å². The van der Waals surface area contributed by atoms with Crippen molar-refractivity contribution in [2.45, 2.75) is 25.3 Å². The molecule has 2 unspecified atom stereocenters. The lowest BCUT2D eigenvalue weighted by Crippen LogP contribution is -2.30. The Morgan fingerprint density at radius 2 is 2.39 bits per heavy atom. The van der Waals surface area contributed by atoms with Crippen molar-refractivity contribution in [2.75, 3.05) is 5.32 Å². The third-order valence-electron chi connectivity index (χ3n) is 3.16. The average Bonchev–Trinajstić information content (AvgIpc) is 2.80. The smallest absolute Gasteiger partial charge is 0.308 e. The molecule has 1 aromatic rings. The molecule has 1 saturated carbocycles. The molecule has 1 fully saturated rings. The molecule has 1 heterocycles. The van der Waals surface area contributed by atoms with Crippen molar-refractivity contribution in [3.05, 3.63) is 22.8 Å². The van der Waals surface area contributed by atoms with E-state index in [1.54, 1.807) is 0 Å². The van der Waals surface area contributed by atoms with E-state index in [0.717, 1.165) is 12.8 Å². The van der Waals surface area contributed by atoms with Crippen LogP contribution in [0.15, 0.2) is 12.3 Å². The number of hydrogen-bond acceptors (Lipinski definition) is 4. The van der Waals surface area contributed by atoms with Crippen molar-refractivity contribution < 1.29 is 9.90 Å². The number of pyridine rings is 1. The molecule has 0 saturated heterocycles. The SMILES string of the molecule is N#Cc1ccnc(NC2CCCC2C(=O)O)c1Cl. The van der Waals surface area contributed by atoms with Crippen molar-refractivity contribution in [1.29, 1.82) is 5.26 Å². The lowest BCUT2D eigenvalue weighted by Gasteiger charge is -2.18. The highest BCUT2D eigenvalue weighted by molar-refractivity contribution is 6.34. The molecule has 94 valence electrons. The minimum absolute atomic E-state index is 0.179. The predicted octanol–water partition coefficient (Wildman–Crippen LogP) is 2.27. The first-order valence-electron chi connectivity index (χ1n) is 5.67. The zero-order valence-corrected chi connectivity index (χ0v) is 10.3. The molecule has 0 bridgehead atoms. The topological polar surface area (TPSA) is 86.0 Å². The van der Waals surface area contributed by atoms with Crippen LogP contribution in [0.2, 0.25) is 5.02 Å². The van der Waals surface area contributed by atoms with Gasteiger partial charge in [-0.25, -0.2) is 4.98 Å². The Bertz CT molecular complexity index is 513. The van der Waals surface area contributed by atoms with E-state index in [4.69, 9.17) is 22.0 Å². The Balaban J connectivity index is 2.19. The molecule has 0 aliphatic heterocycles. The first-order chi connectivity index (χ1) is 8.63. The van der Waals surface area contributed by atoms with Gasteiger partial charge >= 0.3 is 5.97 Å². The van der Waals surface area contributed by atoms with Crippen LogP contribution in [0.3, 0.4) is 0 Å². The van der Waals surface area contributed by atoms with Crippen molar-refractivity contribution in [2.24, 2.45) is 5.92 Å². The number of carbonyl (C=O) groups is 1. The third-order valence-corrected chi connectivity index (χ3v) is 3.55. The summed E-state index contributed by atoms with van der Waals surface area (Å²) >= 11 is 6.02. The fraction of sp³-hybridized carbons (Fsp3) is 0.417. The summed E-state index contributed by atoms with van der Waals surface area (Å²) in [5.74, 6) is -0.847. The molecule has 2 N–H and O–H groups in total. The number of rotatable bonds is 3. The van der Waals surface area contributed by atoms with Gasteiger partial charge in [-0.1, -0.05) is 18.0 Å². The van der Waals surface area contributed by atoms with E-state index in [2.05, 4.69) is 10.3 Å². The first kappa shape index (κ1) is 12.7. The van der Waals surface area contributed by atoms with Crippen LogP contribution in [-0.4, -0.2) is 22.1 Å². The molecular weight excluding hydrogens is 254 g/mol. The number of nitrogens with one attached hydrogen (secondary N) is 1. The highest BCUT2D eigenvalue weighted by Gasteiger charge is 2.33. The van der Waals surface area contributed by atoms with Gasteiger partial charge in [-0.3, -0.25) is 4.79 Å². The number of halogens is 1. The molecular formula is C12H12ClN3O2. The summed E-state index contributed by atoms with van der Waals surface area (Å²) < 4.78 is 0. The summed E-state index contributed by atoms with van der Waals surface area (Å²) in [6.45, 7) is 0. The highest BCUT2D eigenvalue weighted by Crippen LogP contribution is 2.31. The van der Waals surface area contributed by atoms with E-state index < -0.39 is 11.9 Å². The molecule has 5 nitrogen and oxygen atoms in total. The zero-order chi connectivity index (χ0) is 13.1. The number of aromatic nitrogens is 1. The predicted molar refractivity (Wildman–Crippen MR) is 66.3 cm³/mol. The largest absolute Gasteiger partial charge is 0.481 e. The summed E-state index contributed by atoms with van der Waals surface area (Å²) in [6, 6.07) is 3.31. The monoisotopic (exact) mass is 265 g/mol. The van der Waals surface area contributed by atoms with Crippen LogP contribution in [0, 0.1) is 17.2 Å². The molecule has 2 atom stereocenters. The second-order valence-electron chi connectivity index (χ2n) is 4.26. The molecule has 1 aromatic heterocycles. The fourth-order valence-corrected chi connectivity index (χ4v) is 2.44. The highest BCUT2D eigenvalue weighted by atomic mass is 35.5. The molecule has 6 heteroatoms. The Labute approximate surface area is 109 Å². The Morgan fingerprint density at radius 3 is 3.06 bits per heavy atom. The summed E-state index contributed by atoms with van der Waals surface area (Å²) in [5, 5.41) is 21.2. The summed E-state index contributed by atoms with van der Waals surface area (Å²) in [7, 11) is 0. The van der Waals surface area contributed by atoms with Gasteiger partial charge in [0.15, 0.2) is 0 Å². The maximum Gasteiger partial charge on any atom is 0.308 e. The Kier molecular flexibility index (Phi) is 3.68. The lowest BCUT2D eigenvalue weighted by atomic mass is 10.0. The number of carboxylic acid groups (broad SMARTS) is 1. The molecule has 0 spiro atoms. The van der Waals surface area contributed by atoms with Gasteiger partial charge in [0.2, 0.25) is 0 Å². The van der Waals surface area contributed by atoms with E-state index in [1.807, 2.05) is 6.07 Å². The minimum Gasteiger partial charge on any atom is -0.481 e. The standard InChI is InChI=1S/C12H12ClN3O2/c13-10-7(6-14)4-5-15-11(10)16-9-3-1-2-8(9)12(17)18/h4-5,8-9H,1-3H2,(H,15,16)(H,17,18).